The molecule has 0 aliphatic carbocycles. The number of hydrogen-bond acceptors (Lipinski definition) is 6. The second kappa shape index (κ2) is 5.62. The van der Waals surface area contributed by atoms with Gasteiger partial charge < -0.3 is 14.2 Å². The van der Waals surface area contributed by atoms with Crippen LogP contribution in [0.1, 0.15) is 10.4 Å². The molecule has 3 aliphatic heterocycles. The number of carbonyl (C=O) groups is 1. The second-order valence-electron chi connectivity index (χ2n) is 5.73. The van der Waals surface area contributed by atoms with Crippen LogP contribution in [0.25, 0.3) is 0 Å². The van der Waals surface area contributed by atoms with Crippen molar-refractivity contribution in [3.8, 4) is 5.75 Å². The first-order valence-corrected chi connectivity index (χ1v) is 7.81. The summed E-state index contributed by atoms with van der Waals surface area (Å²) < 4.78 is 17.2. The third-order valence-corrected chi connectivity index (χ3v) is 4.56. The van der Waals surface area contributed by atoms with E-state index in [2.05, 4.69) is 9.80 Å². The highest BCUT2D eigenvalue weighted by Crippen LogP contribution is 2.39. The van der Waals surface area contributed by atoms with Crippen LogP contribution >= 0.6 is 0 Å². The molecule has 0 unspecified atom stereocenters. The zero-order valence-electron chi connectivity index (χ0n) is 12.5. The number of ketones is 1. The predicted molar refractivity (Wildman–Crippen MR) is 78.9 cm³/mol. The van der Waals surface area contributed by atoms with Gasteiger partial charge in [-0.1, -0.05) is 12.1 Å². The van der Waals surface area contributed by atoms with E-state index in [1.54, 1.807) is 0 Å². The van der Waals surface area contributed by atoms with Crippen LogP contribution in [0.3, 0.4) is 0 Å². The Morgan fingerprint density at radius 1 is 0.864 bits per heavy atom. The summed E-state index contributed by atoms with van der Waals surface area (Å²) in [5.74, 6) is -0.325. The quantitative estimate of drug-likeness (QED) is 0.797. The summed E-state index contributed by atoms with van der Waals surface area (Å²) in [5.41, 5.74) is 0.667. The molecule has 0 bridgehead atoms. The van der Waals surface area contributed by atoms with E-state index in [4.69, 9.17) is 14.2 Å². The van der Waals surface area contributed by atoms with E-state index in [1.165, 1.54) is 0 Å². The van der Waals surface area contributed by atoms with Crippen molar-refractivity contribution in [2.75, 3.05) is 52.6 Å². The van der Waals surface area contributed by atoms with E-state index in [9.17, 15) is 4.79 Å². The first-order valence-electron chi connectivity index (χ1n) is 7.81. The smallest absolute Gasteiger partial charge is 0.288 e. The standard InChI is InChI=1S/C16H20N2O4/c19-15-13-3-1-2-4-14(13)22-16(15,17-5-9-20-10-6-17)18-7-11-21-12-8-18/h1-4H,5-12H2. The molecule has 22 heavy (non-hydrogen) atoms. The maximum Gasteiger partial charge on any atom is 0.288 e. The van der Waals surface area contributed by atoms with Crippen molar-refractivity contribution in [1.29, 1.82) is 0 Å². The minimum absolute atomic E-state index is 0.0342. The number of para-hydroxylation sites is 1. The number of benzene rings is 1. The fraction of sp³-hybridized carbons (Fsp3) is 0.562. The Kier molecular flexibility index (Phi) is 3.62. The lowest BCUT2D eigenvalue weighted by Crippen LogP contribution is -2.70. The molecule has 6 heteroatoms. The molecule has 118 valence electrons. The third kappa shape index (κ3) is 2.06. The Bertz CT molecular complexity index is 547. The molecule has 3 heterocycles. The van der Waals surface area contributed by atoms with Crippen molar-refractivity contribution in [2.45, 2.75) is 5.85 Å². The van der Waals surface area contributed by atoms with Gasteiger partial charge in [0.25, 0.3) is 5.85 Å². The SMILES string of the molecule is O=C1c2ccccc2OC1(N1CCOCC1)N1CCOCC1. The van der Waals surface area contributed by atoms with Gasteiger partial charge in [0.05, 0.1) is 32.0 Å². The zero-order valence-corrected chi connectivity index (χ0v) is 12.5. The number of Topliss-reactive ketones (excluding diaryl/α,β-unsaturated/α-hetero) is 1. The van der Waals surface area contributed by atoms with Crippen LogP contribution in [-0.2, 0) is 9.47 Å². The van der Waals surface area contributed by atoms with E-state index < -0.39 is 5.85 Å². The topological polar surface area (TPSA) is 51.2 Å². The lowest BCUT2D eigenvalue weighted by molar-refractivity contribution is -0.190. The lowest BCUT2D eigenvalue weighted by Gasteiger charge is -2.48. The number of hydrogen-bond donors (Lipinski definition) is 0. The molecule has 6 nitrogen and oxygen atoms in total. The summed E-state index contributed by atoms with van der Waals surface area (Å²) in [5, 5.41) is 0. The number of fused-ring (bicyclic) bond motifs is 1. The molecule has 4 rings (SSSR count). The van der Waals surface area contributed by atoms with Crippen molar-refractivity contribution in [1.82, 2.24) is 9.80 Å². The number of morpholine rings is 2. The van der Waals surface area contributed by atoms with Crippen LogP contribution in [-0.4, -0.2) is 74.0 Å². The molecule has 0 radical (unpaired) electrons. The van der Waals surface area contributed by atoms with Gasteiger partial charge in [-0.25, -0.2) is 9.80 Å². The van der Waals surface area contributed by atoms with Gasteiger partial charge in [-0.15, -0.1) is 0 Å². The summed E-state index contributed by atoms with van der Waals surface area (Å²) in [6.07, 6.45) is 0. The molecule has 2 fully saturated rings. The molecule has 3 aliphatic rings. The first-order chi connectivity index (χ1) is 10.8. The molecule has 0 spiro atoms. The fourth-order valence-corrected chi connectivity index (χ4v) is 3.47. The van der Waals surface area contributed by atoms with Crippen molar-refractivity contribution < 1.29 is 19.0 Å². The van der Waals surface area contributed by atoms with Crippen LogP contribution in [0, 0.1) is 0 Å². The number of nitrogens with zero attached hydrogens (tertiary/aromatic N) is 2. The molecular formula is C16H20N2O4. The van der Waals surface area contributed by atoms with Gasteiger partial charge in [0.1, 0.15) is 5.75 Å². The van der Waals surface area contributed by atoms with Gasteiger partial charge in [0, 0.05) is 26.2 Å². The van der Waals surface area contributed by atoms with Gasteiger partial charge in [-0.3, -0.25) is 4.79 Å². The molecule has 0 N–H and O–H groups in total. The summed E-state index contributed by atoms with van der Waals surface area (Å²) >= 11 is 0. The van der Waals surface area contributed by atoms with E-state index in [0.717, 1.165) is 0 Å². The van der Waals surface area contributed by atoms with Crippen LogP contribution in [0.15, 0.2) is 24.3 Å². The summed E-state index contributed by atoms with van der Waals surface area (Å²) in [7, 11) is 0. The van der Waals surface area contributed by atoms with Gasteiger partial charge >= 0.3 is 0 Å². The van der Waals surface area contributed by atoms with Crippen LogP contribution < -0.4 is 4.74 Å². The molecule has 2 saturated heterocycles. The Morgan fingerprint density at radius 2 is 1.41 bits per heavy atom. The van der Waals surface area contributed by atoms with E-state index in [-0.39, 0.29) is 5.78 Å². The highest BCUT2D eigenvalue weighted by atomic mass is 16.6. The third-order valence-electron chi connectivity index (χ3n) is 4.56. The normalized spacial score (nSPS) is 25.7. The van der Waals surface area contributed by atoms with Crippen molar-refractivity contribution in [3.05, 3.63) is 29.8 Å². The maximum atomic E-state index is 13.2. The Hall–Kier alpha value is -1.47. The van der Waals surface area contributed by atoms with E-state index >= 15 is 0 Å². The fourth-order valence-electron chi connectivity index (χ4n) is 3.47. The van der Waals surface area contributed by atoms with E-state index in [1.807, 2.05) is 24.3 Å². The molecule has 0 aromatic heterocycles. The molecule has 1 aromatic carbocycles. The summed E-state index contributed by atoms with van der Waals surface area (Å²) in [6, 6.07) is 7.51. The van der Waals surface area contributed by atoms with Crippen LogP contribution in [0.2, 0.25) is 0 Å². The second-order valence-corrected chi connectivity index (χ2v) is 5.73. The highest BCUT2D eigenvalue weighted by molar-refractivity contribution is 6.06. The largest absolute Gasteiger partial charge is 0.451 e. The van der Waals surface area contributed by atoms with Crippen LogP contribution in [0.4, 0.5) is 0 Å². The molecule has 0 amide bonds. The predicted octanol–water partition coefficient (Wildman–Crippen LogP) is 0.580. The first kappa shape index (κ1) is 14.1. The Balaban J connectivity index is 1.74. The monoisotopic (exact) mass is 304 g/mol. The maximum absolute atomic E-state index is 13.2. The summed E-state index contributed by atoms with van der Waals surface area (Å²) in [4.78, 5) is 17.5. The molecule has 1 aromatic rings. The molecule has 0 atom stereocenters. The average Bonchev–Trinajstić information content (AvgIpc) is 2.91. The number of ether oxygens (including phenoxy) is 3. The van der Waals surface area contributed by atoms with Crippen molar-refractivity contribution in [3.63, 3.8) is 0 Å². The molecular weight excluding hydrogens is 284 g/mol. The highest BCUT2D eigenvalue weighted by Gasteiger charge is 2.57. The Labute approximate surface area is 129 Å². The Morgan fingerprint density at radius 3 is 1.95 bits per heavy atom. The van der Waals surface area contributed by atoms with Gasteiger partial charge in [-0.2, -0.15) is 0 Å². The zero-order chi connectivity index (χ0) is 15.0. The van der Waals surface area contributed by atoms with Crippen LogP contribution in [0.5, 0.6) is 5.75 Å². The number of rotatable bonds is 2. The summed E-state index contributed by atoms with van der Waals surface area (Å²) in [6.45, 7) is 5.26. The minimum Gasteiger partial charge on any atom is -0.451 e. The lowest BCUT2D eigenvalue weighted by atomic mass is 10.1. The van der Waals surface area contributed by atoms with Crippen molar-refractivity contribution >= 4 is 5.78 Å². The minimum atomic E-state index is -1.03. The molecule has 0 saturated carbocycles. The van der Waals surface area contributed by atoms with Crippen molar-refractivity contribution in [2.24, 2.45) is 0 Å². The van der Waals surface area contributed by atoms with Gasteiger partial charge in [0.2, 0.25) is 5.78 Å². The number of carbonyl (C=O) groups excluding carboxylic acids is 1. The van der Waals surface area contributed by atoms with Gasteiger partial charge in [-0.05, 0) is 12.1 Å². The van der Waals surface area contributed by atoms with E-state index in [0.29, 0.717) is 63.9 Å². The van der Waals surface area contributed by atoms with Gasteiger partial charge in [0.15, 0.2) is 0 Å². The average molecular weight is 304 g/mol.